The van der Waals surface area contributed by atoms with E-state index in [-0.39, 0.29) is 6.10 Å². The summed E-state index contributed by atoms with van der Waals surface area (Å²) in [6.45, 7) is 1.49. The van der Waals surface area contributed by atoms with Crippen molar-refractivity contribution in [1.82, 2.24) is 25.1 Å². The number of rotatable bonds is 6. The average molecular weight is 343 g/mol. The van der Waals surface area contributed by atoms with Crippen LogP contribution in [0.5, 0.6) is 11.5 Å². The normalized spacial score (nSPS) is 16.1. The first kappa shape index (κ1) is 15.6. The van der Waals surface area contributed by atoms with Crippen molar-refractivity contribution in [2.24, 2.45) is 0 Å². The fourth-order valence-electron chi connectivity index (χ4n) is 2.50. The minimum atomic E-state index is -0.149. The molecule has 3 aromatic rings. The van der Waals surface area contributed by atoms with Gasteiger partial charge >= 0.3 is 0 Å². The van der Waals surface area contributed by atoms with E-state index in [1.165, 1.54) is 0 Å². The molecule has 9 nitrogen and oxygen atoms in total. The van der Waals surface area contributed by atoms with E-state index in [9.17, 15) is 0 Å². The van der Waals surface area contributed by atoms with Gasteiger partial charge in [-0.2, -0.15) is 4.98 Å². The van der Waals surface area contributed by atoms with E-state index in [2.05, 4.69) is 20.5 Å². The van der Waals surface area contributed by atoms with Crippen LogP contribution in [0.1, 0.15) is 5.82 Å². The van der Waals surface area contributed by atoms with Crippen LogP contribution in [0.4, 0.5) is 0 Å². The van der Waals surface area contributed by atoms with Crippen LogP contribution in [0.25, 0.3) is 11.6 Å². The molecular formula is C16H17N5O4. The van der Waals surface area contributed by atoms with Crippen molar-refractivity contribution >= 4 is 0 Å². The molecule has 1 atom stereocenters. The minimum Gasteiger partial charge on any atom is -0.486 e. The maximum Gasteiger partial charge on any atom is 0.280 e. The summed E-state index contributed by atoms with van der Waals surface area (Å²) in [7, 11) is 1.63. The second kappa shape index (κ2) is 6.89. The summed E-state index contributed by atoms with van der Waals surface area (Å²) >= 11 is 0. The molecule has 25 heavy (non-hydrogen) atoms. The highest BCUT2D eigenvalue weighted by Crippen LogP contribution is 2.31. The Morgan fingerprint density at radius 3 is 3.04 bits per heavy atom. The number of hydrogen-bond donors (Lipinski definition) is 0. The molecule has 0 bridgehead atoms. The summed E-state index contributed by atoms with van der Waals surface area (Å²) in [5.41, 5.74) is 0.522. The molecule has 1 aliphatic heterocycles. The Kier molecular flexibility index (Phi) is 4.30. The number of nitrogens with zero attached hydrogens (tertiary/aromatic N) is 5. The molecule has 3 heterocycles. The highest BCUT2D eigenvalue weighted by atomic mass is 16.6. The minimum absolute atomic E-state index is 0.149. The average Bonchev–Trinajstić information content (AvgIpc) is 3.29. The van der Waals surface area contributed by atoms with E-state index in [0.29, 0.717) is 43.6 Å². The van der Waals surface area contributed by atoms with Gasteiger partial charge in [-0.3, -0.25) is 0 Å². The van der Waals surface area contributed by atoms with Gasteiger partial charge in [0.05, 0.1) is 19.3 Å². The number of benzene rings is 1. The van der Waals surface area contributed by atoms with E-state index in [0.717, 1.165) is 11.5 Å². The first-order chi connectivity index (χ1) is 12.3. The van der Waals surface area contributed by atoms with Gasteiger partial charge in [0, 0.05) is 13.5 Å². The van der Waals surface area contributed by atoms with Crippen molar-refractivity contribution in [3.63, 3.8) is 0 Å². The number of methoxy groups -OCH3 is 1. The fraction of sp³-hybridized carbons (Fsp3) is 0.375. The zero-order valence-corrected chi connectivity index (χ0v) is 13.7. The maximum atomic E-state index is 5.92. The van der Waals surface area contributed by atoms with Gasteiger partial charge in [-0.25, -0.2) is 4.68 Å². The van der Waals surface area contributed by atoms with Gasteiger partial charge in [0.1, 0.15) is 6.61 Å². The van der Waals surface area contributed by atoms with Crippen LogP contribution < -0.4 is 9.47 Å². The molecule has 0 spiro atoms. The Morgan fingerprint density at radius 2 is 2.16 bits per heavy atom. The molecule has 0 aliphatic carbocycles. The molecule has 0 fully saturated rings. The molecule has 2 aromatic heterocycles. The Labute approximate surface area is 143 Å². The van der Waals surface area contributed by atoms with Crippen LogP contribution in [-0.4, -0.2) is 51.6 Å². The Balaban J connectivity index is 1.41. The van der Waals surface area contributed by atoms with Gasteiger partial charge < -0.3 is 18.7 Å². The number of aromatic nitrogens is 5. The third-order valence-corrected chi connectivity index (χ3v) is 3.71. The van der Waals surface area contributed by atoms with Crippen LogP contribution in [0, 0.1) is 0 Å². The first-order valence-electron chi connectivity index (χ1n) is 7.92. The van der Waals surface area contributed by atoms with Crippen molar-refractivity contribution in [3.05, 3.63) is 36.3 Å². The van der Waals surface area contributed by atoms with E-state index in [4.69, 9.17) is 18.7 Å². The second-order valence-electron chi connectivity index (χ2n) is 5.58. The summed E-state index contributed by atoms with van der Waals surface area (Å²) in [4.78, 5) is 4.28. The molecule has 0 saturated carbocycles. The summed E-state index contributed by atoms with van der Waals surface area (Å²) in [5, 5.41) is 12.1. The Morgan fingerprint density at radius 1 is 1.28 bits per heavy atom. The lowest BCUT2D eigenvalue weighted by atomic mass is 10.2. The first-order valence-corrected chi connectivity index (χ1v) is 7.92. The van der Waals surface area contributed by atoms with Gasteiger partial charge in [-0.1, -0.05) is 22.5 Å². The van der Waals surface area contributed by atoms with Crippen LogP contribution in [-0.2, 0) is 17.7 Å². The molecule has 0 saturated heterocycles. The van der Waals surface area contributed by atoms with Crippen molar-refractivity contribution in [2.45, 2.75) is 19.1 Å². The van der Waals surface area contributed by atoms with E-state index in [1.807, 2.05) is 24.3 Å². The quantitative estimate of drug-likeness (QED) is 0.662. The summed E-state index contributed by atoms with van der Waals surface area (Å²) in [6, 6.07) is 7.59. The number of ether oxygens (including phenoxy) is 3. The van der Waals surface area contributed by atoms with Gasteiger partial charge in [-0.05, 0) is 12.1 Å². The van der Waals surface area contributed by atoms with Gasteiger partial charge in [0.25, 0.3) is 5.89 Å². The molecule has 1 aromatic carbocycles. The smallest absolute Gasteiger partial charge is 0.280 e. The monoisotopic (exact) mass is 343 g/mol. The van der Waals surface area contributed by atoms with Crippen LogP contribution in [0.15, 0.2) is 35.0 Å². The molecular weight excluding hydrogens is 326 g/mol. The van der Waals surface area contributed by atoms with Gasteiger partial charge in [0.2, 0.25) is 0 Å². The standard InChI is InChI=1S/C16H17N5O4/c1-22-7-6-15-17-16(25-19-15)12-9-21(20-18-12)8-11-10-23-13-4-2-3-5-14(13)24-11/h2-5,9,11H,6-8,10H2,1H3. The number of fused-ring (bicyclic) bond motifs is 1. The predicted octanol–water partition coefficient (Wildman–Crippen LogP) is 1.36. The second-order valence-corrected chi connectivity index (χ2v) is 5.58. The lowest BCUT2D eigenvalue weighted by Crippen LogP contribution is -2.33. The van der Waals surface area contributed by atoms with E-state index in [1.54, 1.807) is 18.0 Å². The maximum absolute atomic E-state index is 5.92. The predicted molar refractivity (Wildman–Crippen MR) is 85.2 cm³/mol. The third-order valence-electron chi connectivity index (χ3n) is 3.71. The molecule has 4 rings (SSSR count). The van der Waals surface area contributed by atoms with Crippen molar-refractivity contribution in [1.29, 1.82) is 0 Å². The summed E-state index contributed by atoms with van der Waals surface area (Å²) in [6.07, 6.45) is 2.18. The molecule has 1 unspecified atom stereocenters. The van der Waals surface area contributed by atoms with Crippen molar-refractivity contribution in [3.8, 4) is 23.1 Å². The molecule has 130 valence electrons. The van der Waals surface area contributed by atoms with Gasteiger partial charge in [0.15, 0.2) is 29.1 Å². The Hall–Kier alpha value is -2.94. The molecule has 0 N–H and O–H groups in total. The van der Waals surface area contributed by atoms with Crippen LogP contribution in [0.3, 0.4) is 0 Å². The zero-order chi connectivity index (χ0) is 17.1. The highest BCUT2D eigenvalue weighted by Gasteiger charge is 2.22. The fourth-order valence-corrected chi connectivity index (χ4v) is 2.50. The van der Waals surface area contributed by atoms with E-state index < -0.39 is 0 Å². The largest absolute Gasteiger partial charge is 0.486 e. The third kappa shape index (κ3) is 3.45. The molecule has 9 heteroatoms. The lowest BCUT2D eigenvalue weighted by Gasteiger charge is -2.26. The zero-order valence-electron chi connectivity index (χ0n) is 13.7. The van der Waals surface area contributed by atoms with Crippen LogP contribution >= 0.6 is 0 Å². The lowest BCUT2D eigenvalue weighted by molar-refractivity contribution is 0.0755. The van der Waals surface area contributed by atoms with Crippen molar-refractivity contribution < 1.29 is 18.7 Å². The number of para-hydroxylation sites is 2. The van der Waals surface area contributed by atoms with Crippen LogP contribution in [0.2, 0.25) is 0 Å². The highest BCUT2D eigenvalue weighted by molar-refractivity contribution is 5.43. The van der Waals surface area contributed by atoms with E-state index >= 15 is 0 Å². The molecule has 1 aliphatic rings. The Bertz CT molecular complexity index is 846. The molecule has 0 radical (unpaired) electrons. The summed E-state index contributed by atoms with van der Waals surface area (Å²) < 4.78 is 23.5. The summed E-state index contributed by atoms with van der Waals surface area (Å²) in [5.74, 6) is 2.40. The van der Waals surface area contributed by atoms with Gasteiger partial charge in [-0.15, -0.1) is 5.10 Å². The number of hydrogen-bond acceptors (Lipinski definition) is 8. The van der Waals surface area contributed by atoms with Crippen molar-refractivity contribution in [2.75, 3.05) is 20.3 Å². The SMILES string of the molecule is COCCc1noc(-c2cn(CC3COc4ccccc4O3)nn2)n1. The molecule has 0 amide bonds. The topological polar surface area (TPSA) is 97.3 Å².